The molecule has 0 saturated heterocycles. The molecule has 0 radical (unpaired) electrons. The van der Waals surface area contributed by atoms with E-state index in [1.807, 2.05) is 45.0 Å². The summed E-state index contributed by atoms with van der Waals surface area (Å²) >= 11 is 7.70. The number of carbonyl (C=O) groups excluding carboxylic acids is 2. The van der Waals surface area contributed by atoms with Crippen molar-refractivity contribution in [1.29, 1.82) is 0 Å². The van der Waals surface area contributed by atoms with Gasteiger partial charge in [0.15, 0.2) is 0 Å². The maximum absolute atomic E-state index is 12.7. The van der Waals surface area contributed by atoms with E-state index in [4.69, 9.17) is 11.6 Å². The van der Waals surface area contributed by atoms with Crippen LogP contribution in [-0.4, -0.2) is 35.8 Å². The number of thiophene rings is 1. The molecule has 1 aromatic carbocycles. The molecule has 4 nitrogen and oxygen atoms in total. The monoisotopic (exact) mass is 338 g/mol. The number of hydrogen-bond donors (Lipinski definition) is 1. The summed E-state index contributed by atoms with van der Waals surface area (Å²) in [6.07, 6.45) is 0. The lowest BCUT2D eigenvalue weighted by Crippen LogP contribution is -2.42. The molecule has 0 spiro atoms. The second kappa shape index (κ2) is 7.11. The quantitative estimate of drug-likeness (QED) is 0.906. The number of amides is 2. The molecular weight excluding hydrogens is 320 g/mol. The number of nitrogens with one attached hydrogen (secondary N) is 1. The molecule has 1 heterocycles. The second-order valence-corrected chi connectivity index (χ2v) is 6.71. The molecule has 22 heavy (non-hydrogen) atoms. The zero-order valence-corrected chi connectivity index (χ0v) is 14.4. The van der Waals surface area contributed by atoms with Crippen molar-refractivity contribution >= 4 is 44.8 Å². The van der Waals surface area contributed by atoms with Gasteiger partial charge in [-0.05, 0) is 26.8 Å². The van der Waals surface area contributed by atoms with Crippen LogP contribution >= 0.6 is 22.9 Å². The minimum atomic E-state index is -0.201. The van der Waals surface area contributed by atoms with Crippen LogP contribution in [0.15, 0.2) is 24.3 Å². The smallest absolute Gasteiger partial charge is 0.265 e. The minimum absolute atomic E-state index is 0.0398. The third kappa shape index (κ3) is 3.59. The van der Waals surface area contributed by atoms with Crippen LogP contribution in [0.4, 0.5) is 0 Å². The van der Waals surface area contributed by atoms with Gasteiger partial charge in [-0.3, -0.25) is 9.59 Å². The van der Waals surface area contributed by atoms with Crippen molar-refractivity contribution in [2.75, 3.05) is 13.1 Å². The van der Waals surface area contributed by atoms with Gasteiger partial charge in [0.2, 0.25) is 5.91 Å². The Labute approximate surface area is 139 Å². The number of carbonyl (C=O) groups is 2. The van der Waals surface area contributed by atoms with Gasteiger partial charge in [0.25, 0.3) is 5.91 Å². The van der Waals surface area contributed by atoms with Crippen molar-refractivity contribution in [3.05, 3.63) is 34.2 Å². The Kier molecular flexibility index (Phi) is 5.42. The summed E-state index contributed by atoms with van der Waals surface area (Å²) in [5, 5.41) is 4.13. The third-order valence-corrected chi connectivity index (χ3v) is 4.85. The Bertz CT molecular complexity index is 697. The predicted octanol–water partition coefficient (Wildman–Crippen LogP) is 3.54. The van der Waals surface area contributed by atoms with E-state index in [1.165, 1.54) is 16.2 Å². The Balaban J connectivity index is 2.23. The molecule has 0 aliphatic carbocycles. The molecule has 118 valence electrons. The molecule has 2 amide bonds. The summed E-state index contributed by atoms with van der Waals surface area (Å²) in [4.78, 5) is 26.5. The molecule has 0 fully saturated rings. The summed E-state index contributed by atoms with van der Waals surface area (Å²) in [5.41, 5.74) is 0. The normalized spacial score (nSPS) is 11.0. The van der Waals surface area contributed by atoms with Crippen LogP contribution in [0.25, 0.3) is 10.1 Å². The van der Waals surface area contributed by atoms with E-state index < -0.39 is 0 Å². The van der Waals surface area contributed by atoms with Crippen LogP contribution in [0, 0.1) is 0 Å². The average Bonchev–Trinajstić information content (AvgIpc) is 2.81. The molecule has 1 aromatic heterocycles. The molecule has 6 heteroatoms. The van der Waals surface area contributed by atoms with E-state index in [0.717, 1.165) is 10.1 Å². The standard InChI is InChI=1S/C16H19ClN2O2S/c1-4-19(9-13(20)18-10(2)3)16(21)15-14(17)11-7-5-6-8-12(11)22-15/h5-8,10H,4,9H2,1-3H3,(H,18,20). The fourth-order valence-electron chi connectivity index (χ4n) is 2.16. The van der Waals surface area contributed by atoms with Crippen LogP contribution in [0.5, 0.6) is 0 Å². The molecule has 2 rings (SSSR count). The number of nitrogens with zero attached hydrogens (tertiary/aromatic N) is 1. The Morgan fingerprint density at radius 3 is 2.59 bits per heavy atom. The van der Waals surface area contributed by atoms with Crippen LogP contribution in [-0.2, 0) is 4.79 Å². The summed E-state index contributed by atoms with van der Waals surface area (Å²) in [6, 6.07) is 7.69. The van der Waals surface area contributed by atoms with Crippen LogP contribution in [0.2, 0.25) is 5.02 Å². The van der Waals surface area contributed by atoms with Gasteiger partial charge in [-0.15, -0.1) is 11.3 Å². The van der Waals surface area contributed by atoms with Crippen LogP contribution in [0.3, 0.4) is 0 Å². The highest BCUT2D eigenvalue weighted by Crippen LogP contribution is 2.35. The number of halogens is 1. The number of rotatable bonds is 5. The highest BCUT2D eigenvalue weighted by molar-refractivity contribution is 7.21. The molecule has 0 aliphatic heterocycles. The summed E-state index contributed by atoms with van der Waals surface area (Å²) in [7, 11) is 0. The fraction of sp³-hybridized carbons (Fsp3) is 0.375. The van der Waals surface area contributed by atoms with Gasteiger partial charge in [-0.25, -0.2) is 0 Å². The maximum Gasteiger partial charge on any atom is 0.265 e. The summed E-state index contributed by atoms with van der Waals surface area (Å²) in [5.74, 6) is -0.366. The largest absolute Gasteiger partial charge is 0.352 e. The lowest BCUT2D eigenvalue weighted by atomic mass is 10.2. The summed E-state index contributed by atoms with van der Waals surface area (Å²) in [6.45, 7) is 6.12. The molecule has 0 atom stereocenters. The molecule has 0 aliphatic rings. The van der Waals surface area contributed by atoms with Gasteiger partial charge in [-0.1, -0.05) is 29.8 Å². The first-order valence-corrected chi connectivity index (χ1v) is 8.39. The highest BCUT2D eigenvalue weighted by Gasteiger charge is 2.23. The van der Waals surface area contributed by atoms with Crippen molar-refractivity contribution in [2.45, 2.75) is 26.8 Å². The SMILES string of the molecule is CCN(CC(=O)NC(C)C)C(=O)c1sc2ccccc2c1Cl. The van der Waals surface area contributed by atoms with Crippen molar-refractivity contribution in [1.82, 2.24) is 10.2 Å². The van der Waals surface area contributed by atoms with E-state index >= 15 is 0 Å². The number of hydrogen-bond acceptors (Lipinski definition) is 3. The molecule has 0 unspecified atom stereocenters. The Morgan fingerprint density at radius 1 is 1.32 bits per heavy atom. The van der Waals surface area contributed by atoms with Gasteiger partial charge in [-0.2, -0.15) is 0 Å². The molecule has 2 aromatic rings. The molecule has 0 bridgehead atoms. The minimum Gasteiger partial charge on any atom is -0.352 e. The van der Waals surface area contributed by atoms with E-state index in [-0.39, 0.29) is 24.4 Å². The first kappa shape index (κ1) is 16.8. The maximum atomic E-state index is 12.7. The van der Waals surface area contributed by atoms with E-state index in [2.05, 4.69) is 5.32 Å². The number of fused-ring (bicyclic) bond motifs is 1. The zero-order chi connectivity index (χ0) is 16.3. The first-order valence-electron chi connectivity index (χ1n) is 7.19. The lowest BCUT2D eigenvalue weighted by molar-refractivity contribution is -0.122. The predicted molar refractivity (Wildman–Crippen MR) is 91.7 cm³/mol. The summed E-state index contributed by atoms with van der Waals surface area (Å²) < 4.78 is 0.971. The van der Waals surface area contributed by atoms with Crippen molar-refractivity contribution in [2.24, 2.45) is 0 Å². The number of likely N-dealkylation sites (N-methyl/N-ethyl adjacent to an activating group) is 1. The van der Waals surface area contributed by atoms with Gasteiger partial charge in [0, 0.05) is 22.7 Å². The van der Waals surface area contributed by atoms with Gasteiger partial charge >= 0.3 is 0 Å². The molecule has 0 saturated carbocycles. The van der Waals surface area contributed by atoms with E-state index in [0.29, 0.717) is 16.4 Å². The third-order valence-electron chi connectivity index (χ3n) is 3.18. The first-order chi connectivity index (χ1) is 10.4. The van der Waals surface area contributed by atoms with Gasteiger partial charge in [0.05, 0.1) is 11.6 Å². The van der Waals surface area contributed by atoms with Gasteiger partial charge in [0.1, 0.15) is 4.88 Å². The molecule has 1 N–H and O–H groups in total. The second-order valence-electron chi connectivity index (χ2n) is 5.28. The fourth-order valence-corrected chi connectivity index (χ4v) is 3.64. The highest BCUT2D eigenvalue weighted by atomic mass is 35.5. The van der Waals surface area contributed by atoms with Crippen molar-refractivity contribution in [3.8, 4) is 0 Å². The van der Waals surface area contributed by atoms with E-state index in [1.54, 1.807) is 0 Å². The van der Waals surface area contributed by atoms with Crippen LogP contribution in [0.1, 0.15) is 30.4 Å². The lowest BCUT2D eigenvalue weighted by Gasteiger charge is -2.20. The van der Waals surface area contributed by atoms with E-state index in [9.17, 15) is 9.59 Å². The average molecular weight is 339 g/mol. The van der Waals surface area contributed by atoms with Crippen molar-refractivity contribution in [3.63, 3.8) is 0 Å². The number of benzene rings is 1. The molecular formula is C16H19ClN2O2S. The van der Waals surface area contributed by atoms with Crippen LogP contribution < -0.4 is 5.32 Å². The zero-order valence-electron chi connectivity index (χ0n) is 12.9. The Hall–Kier alpha value is -1.59. The van der Waals surface area contributed by atoms with Gasteiger partial charge < -0.3 is 10.2 Å². The Morgan fingerprint density at radius 2 is 2.00 bits per heavy atom. The van der Waals surface area contributed by atoms with Crippen molar-refractivity contribution < 1.29 is 9.59 Å². The topological polar surface area (TPSA) is 49.4 Å².